The second-order valence-electron chi connectivity index (χ2n) is 6.91. The molecule has 0 aromatic heterocycles. The van der Waals surface area contributed by atoms with Gasteiger partial charge in [-0.25, -0.2) is 4.39 Å². The molecule has 0 radical (unpaired) electrons. The fourth-order valence-corrected chi connectivity index (χ4v) is 3.19. The van der Waals surface area contributed by atoms with E-state index in [-0.39, 0.29) is 23.3 Å². The van der Waals surface area contributed by atoms with Crippen LogP contribution in [0.3, 0.4) is 0 Å². The van der Waals surface area contributed by atoms with E-state index in [4.69, 9.17) is 4.18 Å². The summed E-state index contributed by atoms with van der Waals surface area (Å²) in [5, 5.41) is -0.638. The number of amides is 1. The van der Waals surface area contributed by atoms with Crippen molar-refractivity contribution in [1.29, 1.82) is 0 Å². The third kappa shape index (κ3) is 4.66. The monoisotopic (exact) mass is 391 g/mol. The van der Waals surface area contributed by atoms with Gasteiger partial charge in [-0.1, -0.05) is 24.3 Å². The van der Waals surface area contributed by atoms with E-state index in [0.717, 1.165) is 18.4 Å². The van der Waals surface area contributed by atoms with Crippen molar-refractivity contribution < 1.29 is 21.8 Å². The molecule has 7 heteroatoms. The Kier molecular flexibility index (Phi) is 5.51. The Bertz CT molecular complexity index is 921. The highest BCUT2D eigenvalue weighted by molar-refractivity contribution is 7.87. The first-order valence-electron chi connectivity index (χ1n) is 8.85. The predicted octanol–water partition coefficient (Wildman–Crippen LogP) is 3.75. The minimum Gasteiger partial charge on any atom is -0.382 e. The van der Waals surface area contributed by atoms with E-state index < -0.39 is 21.2 Å². The van der Waals surface area contributed by atoms with Crippen LogP contribution in [0.25, 0.3) is 0 Å². The van der Waals surface area contributed by atoms with Gasteiger partial charge in [-0.15, -0.1) is 0 Å². The lowest BCUT2D eigenvalue weighted by molar-refractivity contribution is 0.0725. The highest BCUT2D eigenvalue weighted by atomic mass is 32.2. The molecule has 1 aliphatic carbocycles. The zero-order valence-corrected chi connectivity index (χ0v) is 16.1. The number of halogens is 1. The molecule has 0 atom stereocenters. The van der Waals surface area contributed by atoms with Gasteiger partial charge in [0.2, 0.25) is 0 Å². The molecule has 1 saturated carbocycles. The summed E-state index contributed by atoms with van der Waals surface area (Å²) in [6.07, 6.45) is 1.79. The zero-order valence-electron chi connectivity index (χ0n) is 15.3. The maximum atomic E-state index is 14.0. The van der Waals surface area contributed by atoms with Crippen LogP contribution in [0.5, 0.6) is 5.75 Å². The lowest BCUT2D eigenvalue weighted by atomic mass is 10.1. The molecule has 5 nitrogen and oxygen atoms in total. The van der Waals surface area contributed by atoms with Crippen molar-refractivity contribution in [2.75, 3.05) is 0 Å². The number of hydrogen-bond acceptors (Lipinski definition) is 4. The Morgan fingerprint density at radius 2 is 1.78 bits per heavy atom. The zero-order chi connectivity index (χ0) is 19.6. The SMILES string of the molecule is CC(C)S(=O)(=O)Oc1ccc(CN(C(=O)c2ccccc2F)C2CC2)cc1. The first-order chi connectivity index (χ1) is 12.8. The van der Waals surface area contributed by atoms with Crippen molar-refractivity contribution in [3.63, 3.8) is 0 Å². The van der Waals surface area contributed by atoms with Crippen molar-refractivity contribution >= 4 is 16.0 Å². The summed E-state index contributed by atoms with van der Waals surface area (Å²) in [4.78, 5) is 14.4. The third-order valence-corrected chi connectivity index (χ3v) is 6.00. The Morgan fingerprint density at radius 3 is 2.33 bits per heavy atom. The fourth-order valence-electron chi connectivity index (χ4n) is 2.62. The van der Waals surface area contributed by atoms with Gasteiger partial charge in [0.25, 0.3) is 5.91 Å². The average Bonchev–Trinajstić information content (AvgIpc) is 3.45. The van der Waals surface area contributed by atoms with Gasteiger partial charge in [-0.2, -0.15) is 8.42 Å². The normalized spacial score (nSPS) is 14.2. The summed E-state index contributed by atoms with van der Waals surface area (Å²) in [7, 11) is -3.65. The Morgan fingerprint density at radius 1 is 1.15 bits per heavy atom. The number of carbonyl (C=O) groups is 1. The van der Waals surface area contributed by atoms with E-state index in [9.17, 15) is 17.6 Å². The Hall–Kier alpha value is -2.41. The van der Waals surface area contributed by atoms with Crippen LogP contribution < -0.4 is 4.18 Å². The van der Waals surface area contributed by atoms with Crippen LogP contribution in [0.2, 0.25) is 0 Å². The molecule has 0 bridgehead atoms. The van der Waals surface area contributed by atoms with E-state index in [0.29, 0.717) is 6.54 Å². The largest absolute Gasteiger partial charge is 0.382 e. The summed E-state index contributed by atoms with van der Waals surface area (Å²) in [6.45, 7) is 3.42. The highest BCUT2D eigenvalue weighted by Gasteiger charge is 2.34. The fraction of sp³-hybridized carbons (Fsp3) is 0.350. The van der Waals surface area contributed by atoms with Crippen LogP contribution in [0, 0.1) is 5.82 Å². The van der Waals surface area contributed by atoms with Gasteiger partial charge in [0.1, 0.15) is 11.6 Å². The van der Waals surface area contributed by atoms with Gasteiger partial charge in [-0.05, 0) is 56.5 Å². The van der Waals surface area contributed by atoms with Crippen LogP contribution in [-0.4, -0.2) is 30.5 Å². The van der Waals surface area contributed by atoms with Gasteiger partial charge < -0.3 is 9.08 Å². The van der Waals surface area contributed by atoms with Crippen molar-refractivity contribution in [2.45, 2.75) is 44.5 Å². The first kappa shape index (κ1) is 19.4. The minimum atomic E-state index is -3.65. The van der Waals surface area contributed by atoms with Crippen LogP contribution >= 0.6 is 0 Å². The molecule has 144 valence electrons. The molecule has 27 heavy (non-hydrogen) atoms. The molecule has 0 N–H and O–H groups in total. The molecule has 0 saturated heterocycles. The summed E-state index contributed by atoms with van der Waals surface area (Å²) >= 11 is 0. The topological polar surface area (TPSA) is 63.7 Å². The van der Waals surface area contributed by atoms with Gasteiger partial charge in [0.05, 0.1) is 10.8 Å². The minimum absolute atomic E-state index is 0.0624. The lowest BCUT2D eigenvalue weighted by Gasteiger charge is -2.23. The van der Waals surface area contributed by atoms with E-state index in [1.54, 1.807) is 55.1 Å². The molecule has 1 aliphatic rings. The van der Waals surface area contributed by atoms with Crippen molar-refractivity contribution in [1.82, 2.24) is 4.90 Å². The van der Waals surface area contributed by atoms with E-state index in [2.05, 4.69) is 0 Å². The molecular formula is C20H22FNO4S. The first-order valence-corrected chi connectivity index (χ1v) is 10.3. The molecule has 2 aromatic carbocycles. The number of nitrogens with zero attached hydrogens (tertiary/aromatic N) is 1. The van der Waals surface area contributed by atoms with Crippen LogP contribution in [0.15, 0.2) is 48.5 Å². The molecule has 0 spiro atoms. The maximum absolute atomic E-state index is 14.0. The van der Waals surface area contributed by atoms with Crippen LogP contribution in [0.1, 0.15) is 42.6 Å². The van der Waals surface area contributed by atoms with Crippen molar-refractivity contribution in [3.8, 4) is 5.75 Å². The second-order valence-corrected chi connectivity index (χ2v) is 9.01. The summed E-state index contributed by atoms with van der Waals surface area (Å²) < 4.78 is 42.7. The quantitative estimate of drug-likeness (QED) is 0.675. The number of hydrogen-bond donors (Lipinski definition) is 0. The number of rotatable bonds is 7. The van der Waals surface area contributed by atoms with Gasteiger partial charge in [0, 0.05) is 12.6 Å². The molecule has 0 aliphatic heterocycles. The maximum Gasteiger partial charge on any atom is 0.311 e. The Balaban J connectivity index is 1.74. The number of carbonyl (C=O) groups excluding carboxylic acids is 1. The van der Waals surface area contributed by atoms with Gasteiger partial charge in [0.15, 0.2) is 0 Å². The summed E-state index contributed by atoms with van der Waals surface area (Å²) in [5.41, 5.74) is 0.883. The molecule has 1 amide bonds. The third-order valence-electron chi connectivity index (χ3n) is 4.42. The van der Waals surface area contributed by atoms with Gasteiger partial charge >= 0.3 is 10.1 Å². The van der Waals surface area contributed by atoms with E-state index >= 15 is 0 Å². The lowest BCUT2D eigenvalue weighted by Crippen LogP contribution is -2.33. The van der Waals surface area contributed by atoms with E-state index in [1.807, 2.05) is 0 Å². The molecular weight excluding hydrogens is 369 g/mol. The Labute approximate surface area is 158 Å². The van der Waals surface area contributed by atoms with E-state index in [1.165, 1.54) is 12.1 Å². The van der Waals surface area contributed by atoms with Crippen molar-refractivity contribution in [2.24, 2.45) is 0 Å². The van der Waals surface area contributed by atoms with Crippen LogP contribution in [0.4, 0.5) is 4.39 Å². The molecule has 2 aromatic rings. The summed E-state index contributed by atoms with van der Waals surface area (Å²) in [5.74, 6) is -0.639. The standard InChI is InChI=1S/C20H22FNO4S/c1-14(2)27(24,25)26-17-11-7-15(8-12-17)13-22(16-9-10-16)20(23)18-5-3-4-6-19(18)21/h3-8,11-12,14,16H,9-10,13H2,1-2H3. The molecule has 0 heterocycles. The second kappa shape index (κ2) is 7.68. The molecule has 1 fully saturated rings. The van der Waals surface area contributed by atoms with Crippen LogP contribution in [-0.2, 0) is 16.7 Å². The molecule has 0 unspecified atom stereocenters. The number of benzene rings is 2. The van der Waals surface area contributed by atoms with Gasteiger partial charge in [-0.3, -0.25) is 4.79 Å². The van der Waals surface area contributed by atoms with Crippen molar-refractivity contribution in [3.05, 3.63) is 65.5 Å². The predicted molar refractivity (Wildman–Crippen MR) is 100 cm³/mol. The highest BCUT2D eigenvalue weighted by Crippen LogP contribution is 2.30. The summed E-state index contributed by atoms with van der Waals surface area (Å²) in [6, 6.07) is 12.6. The molecule has 3 rings (SSSR count). The smallest absolute Gasteiger partial charge is 0.311 e. The average molecular weight is 391 g/mol.